The molecule has 0 fully saturated rings. The second-order valence-corrected chi connectivity index (χ2v) is 11.8. The average Bonchev–Trinajstić information content (AvgIpc) is 2.21. The molecule has 0 amide bonds. The van der Waals surface area contributed by atoms with Crippen LogP contribution in [0.5, 0.6) is 0 Å². The van der Waals surface area contributed by atoms with Gasteiger partial charge in [-0.2, -0.15) is 0 Å². The van der Waals surface area contributed by atoms with Gasteiger partial charge in [0.05, 0.1) is 0 Å². The van der Waals surface area contributed by atoms with Crippen molar-refractivity contribution in [1.82, 2.24) is 0 Å². The van der Waals surface area contributed by atoms with Gasteiger partial charge < -0.3 is 0 Å². The molecule has 0 rings (SSSR count). The molecular weight excluding hydrogens is 380 g/mol. The van der Waals surface area contributed by atoms with E-state index in [2.05, 4.69) is 6.92 Å². The molecule has 0 aromatic carbocycles. The maximum atomic E-state index is 5.83. The third kappa shape index (κ3) is 13.2. The van der Waals surface area contributed by atoms with Gasteiger partial charge in [-0.05, 0) is 0 Å². The third-order valence-electron chi connectivity index (χ3n) is 2.74. The Morgan fingerprint density at radius 1 is 0.714 bits per heavy atom. The summed E-state index contributed by atoms with van der Waals surface area (Å²) >= 11 is -0.774. The van der Waals surface area contributed by atoms with Crippen LogP contribution in [0.25, 0.3) is 0 Å². The van der Waals surface area contributed by atoms with E-state index in [0.717, 1.165) is 0 Å². The standard InChI is InChI=1S/C12H25.ClH.Hg/c1-3-5-7-9-11-12-10-8-6-4-2;;/h1,3-12H2,2H3;1H;/q;;+1/p-1. The van der Waals surface area contributed by atoms with Crippen LogP contribution in [0.4, 0.5) is 0 Å². The first-order chi connectivity index (χ1) is 6.91. The molecule has 0 spiro atoms. The summed E-state index contributed by atoms with van der Waals surface area (Å²) in [5.74, 6) is 0. The number of hydrogen-bond acceptors (Lipinski definition) is 0. The van der Waals surface area contributed by atoms with E-state index in [-0.39, 0.29) is 0 Å². The second-order valence-electron chi connectivity index (χ2n) is 4.22. The zero-order chi connectivity index (χ0) is 10.5. The molecule has 0 atom stereocenters. The van der Waals surface area contributed by atoms with Gasteiger partial charge in [0, 0.05) is 0 Å². The molecule has 0 aliphatic rings. The van der Waals surface area contributed by atoms with Crippen molar-refractivity contribution in [2.24, 2.45) is 0 Å². The van der Waals surface area contributed by atoms with Crippen LogP contribution in [0.2, 0.25) is 3.93 Å². The molecule has 0 unspecified atom stereocenters. The van der Waals surface area contributed by atoms with E-state index in [1.54, 1.807) is 0 Å². The summed E-state index contributed by atoms with van der Waals surface area (Å²) in [6.07, 6.45) is 14.5. The maximum absolute atomic E-state index is 5.83. The zero-order valence-corrected chi connectivity index (χ0v) is 16.1. The molecule has 0 bridgehead atoms. The van der Waals surface area contributed by atoms with Gasteiger partial charge >= 0.3 is 107 Å². The van der Waals surface area contributed by atoms with Crippen LogP contribution in [0, 0.1) is 0 Å². The molecule has 0 aliphatic carbocycles. The topological polar surface area (TPSA) is 0 Å². The van der Waals surface area contributed by atoms with Crippen molar-refractivity contribution in [2.45, 2.75) is 75.1 Å². The summed E-state index contributed by atoms with van der Waals surface area (Å²) in [4.78, 5) is 0. The Kier molecular flexibility index (Phi) is 15.5. The van der Waals surface area contributed by atoms with Crippen LogP contribution in [0.3, 0.4) is 0 Å². The van der Waals surface area contributed by atoms with Crippen LogP contribution in [-0.2, 0) is 23.3 Å². The van der Waals surface area contributed by atoms with Crippen molar-refractivity contribution in [2.75, 3.05) is 0 Å². The molecule has 82 valence electrons. The summed E-state index contributed by atoms with van der Waals surface area (Å²) in [5, 5.41) is 0. The molecule has 0 heterocycles. The molecular formula is C12H25ClHg. The van der Waals surface area contributed by atoms with Gasteiger partial charge in [0.15, 0.2) is 0 Å². The molecule has 0 aromatic rings. The van der Waals surface area contributed by atoms with Crippen molar-refractivity contribution in [3.05, 3.63) is 0 Å². The Morgan fingerprint density at radius 2 is 1.14 bits per heavy atom. The van der Waals surface area contributed by atoms with Gasteiger partial charge in [-0.25, -0.2) is 0 Å². The molecule has 0 nitrogen and oxygen atoms in total. The fourth-order valence-electron chi connectivity index (χ4n) is 1.76. The van der Waals surface area contributed by atoms with Gasteiger partial charge in [-0.3, -0.25) is 0 Å². The van der Waals surface area contributed by atoms with Crippen molar-refractivity contribution in [3.8, 4) is 0 Å². The molecule has 0 radical (unpaired) electrons. The first kappa shape index (κ1) is 15.2. The summed E-state index contributed by atoms with van der Waals surface area (Å²) in [5.41, 5.74) is 0. The van der Waals surface area contributed by atoms with Crippen LogP contribution in [-0.4, -0.2) is 0 Å². The van der Waals surface area contributed by atoms with Gasteiger partial charge in [-0.1, -0.05) is 0 Å². The Bertz CT molecular complexity index is 84.3. The molecule has 0 N–H and O–H groups in total. The van der Waals surface area contributed by atoms with Gasteiger partial charge in [0.2, 0.25) is 0 Å². The summed E-state index contributed by atoms with van der Waals surface area (Å²) in [6, 6.07) is 0. The monoisotopic (exact) mass is 406 g/mol. The predicted octanol–water partition coefficient (Wildman–Crippen LogP) is 5.56. The number of unbranched alkanes of at least 4 members (excludes halogenated alkanes) is 9. The first-order valence-electron chi connectivity index (χ1n) is 6.47. The number of halogens is 1. The predicted molar refractivity (Wildman–Crippen MR) is 62.5 cm³/mol. The number of hydrogen-bond donors (Lipinski definition) is 0. The van der Waals surface area contributed by atoms with E-state index >= 15 is 0 Å². The van der Waals surface area contributed by atoms with E-state index in [1.807, 2.05) is 0 Å². The van der Waals surface area contributed by atoms with Crippen molar-refractivity contribution < 1.29 is 23.3 Å². The molecule has 0 saturated heterocycles. The minimum absolute atomic E-state index is 0.774. The Morgan fingerprint density at radius 3 is 1.57 bits per heavy atom. The second kappa shape index (κ2) is 14.2. The quantitative estimate of drug-likeness (QED) is 0.312. The number of rotatable bonds is 11. The van der Waals surface area contributed by atoms with E-state index in [9.17, 15) is 0 Å². The van der Waals surface area contributed by atoms with Crippen LogP contribution in [0.15, 0.2) is 0 Å². The fourth-order valence-corrected chi connectivity index (χ4v) is 5.53. The van der Waals surface area contributed by atoms with Crippen molar-refractivity contribution in [3.63, 3.8) is 0 Å². The molecule has 0 saturated carbocycles. The average molecular weight is 405 g/mol. The summed E-state index contributed by atoms with van der Waals surface area (Å²) in [6.45, 7) is 2.28. The van der Waals surface area contributed by atoms with E-state index in [1.165, 1.54) is 68.1 Å². The Balaban J connectivity index is 2.78. The normalized spacial score (nSPS) is 10.1. The van der Waals surface area contributed by atoms with Gasteiger partial charge in [-0.15, -0.1) is 0 Å². The van der Waals surface area contributed by atoms with Crippen LogP contribution >= 0.6 is 8.25 Å². The Labute approximate surface area is 106 Å². The Hall–Kier alpha value is 1.23. The SMILES string of the molecule is CCCCCCCCCCC[CH2][Hg][Cl]. The first-order valence-corrected chi connectivity index (χ1v) is 17.1. The summed E-state index contributed by atoms with van der Waals surface area (Å²) < 4.78 is 1.43. The van der Waals surface area contributed by atoms with E-state index in [4.69, 9.17) is 8.25 Å². The van der Waals surface area contributed by atoms with E-state index in [0.29, 0.717) is 0 Å². The van der Waals surface area contributed by atoms with Crippen LogP contribution < -0.4 is 0 Å². The zero-order valence-electron chi connectivity index (χ0n) is 9.86. The van der Waals surface area contributed by atoms with Crippen LogP contribution in [0.1, 0.15) is 71.1 Å². The van der Waals surface area contributed by atoms with Gasteiger partial charge in [0.1, 0.15) is 0 Å². The summed E-state index contributed by atoms with van der Waals surface area (Å²) in [7, 11) is 5.83. The van der Waals surface area contributed by atoms with Gasteiger partial charge in [0.25, 0.3) is 0 Å². The van der Waals surface area contributed by atoms with Crippen molar-refractivity contribution in [1.29, 1.82) is 0 Å². The third-order valence-corrected chi connectivity index (χ3v) is 8.07. The fraction of sp³-hybridized carbons (Fsp3) is 1.00. The van der Waals surface area contributed by atoms with E-state index < -0.39 is 23.3 Å². The molecule has 14 heavy (non-hydrogen) atoms. The minimum atomic E-state index is -0.774. The molecule has 0 aromatic heterocycles. The molecule has 0 aliphatic heterocycles. The molecule has 2 heteroatoms. The van der Waals surface area contributed by atoms with Crippen molar-refractivity contribution >= 4 is 8.25 Å².